The summed E-state index contributed by atoms with van der Waals surface area (Å²) in [4.78, 5) is 37.2. The first-order chi connectivity index (χ1) is 11.7. The highest BCUT2D eigenvalue weighted by molar-refractivity contribution is 5.99. The third kappa shape index (κ3) is 2.66. The summed E-state index contributed by atoms with van der Waals surface area (Å²) in [6.07, 6.45) is 4.29. The lowest BCUT2D eigenvalue weighted by Gasteiger charge is -2.39. The number of esters is 2. The molecule has 1 saturated heterocycles. The third-order valence-corrected chi connectivity index (χ3v) is 5.79. The molecule has 0 spiro atoms. The Morgan fingerprint density at radius 1 is 1.40 bits per heavy atom. The van der Waals surface area contributed by atoms with Crippen LogP contribution in [0.15, 0.2) is 36.0 Å². The summed E-state index contributed by atoms with van der Waals surface area (Å²) in [5.41, 5.74) is 0.174. The van der Waals surface area contributed by atoms with E-state index in [1.54, 1.807) is 19.9 Å². The number of carbonyl (C=O) groups is 3. The third-order valence-electron chi connectivity index (χ3n) is 5.79. The highest BCUT2D eigenvalue weighted by Gasteiger charge is 2.61. The zero-order chi connectivity index (χ0) is 18.5. The molecule has 3 aliphatic rings. The maximum atomic E-state index is 12.8. The number of ketones is 1. The van der Waals surface area contributed by atoms with Gasteiger partial charge in [-0.15, -0.1) is 0 Å². The Kier molecular flexibility index (Phi) is 4.21. The summed E-state index contributed by atoms with van der Waals surface area (Å²) in [6, 6.07) is 0. The zero-order valence-corrected chi connectivity index (χ0v) is 15.1. The quantitative estimate of drug-likeness (QED) is 0.569. The fourth-order valence-electron chi connectivity index (χ4n) is 4.54. The van der Waals surface area contributed by atoms with Gasteiger partial charge in [-0.25, -0.2) is 9.59 Å². The Labute approximate surface area is 147 Å². The molecule has 0 N–H and O–H groups in total. The molecule has 5 heteroatoms. The predicted molar refractivity (Wildman–Crippen MR) is 91.3 cm³/mol. The highest BCUT2D eigenvalue weighted by Crippen LogP contribution is 2.54. The molecule has 0 bridgehead atoms. The second-order valence-corrected chi connectivity index (χ2v) is 7.82. The van der Waals surface area contributed by atoms with Gasteiger partial charge in [0.05, 0.1) is 11.3 Å². The Morgan fingerprint density at radius 3 is 2.72 bits per heavy atom. The van der Waals surface area contributed by atoms with Crippen molar-refractivity contribution in [2.24, 2.45) is 23.2 Å². The average Bonchev–Trinajstić information content (AvgIpc) is 2.92. The summed E-state index contributed by atoms with van der Waals surface area (Å²) in [6.45, 7) is 11.3. The number of rotatable bonds is 2. The van der Waals surface area contributed by atoms with Crippen molar-refractivity contribution in [3.8, 4) is 0 Å². The van der Waals surface area contributed by atoms with Gasteiger partial charge in [-0.05, 0) is 45.1 Å². The molecule has 1 heterocycles. The van der Waals surface area contributed by atoms with Crippen molar-refractivity contribution in [2.75, 3.05) is 0 Å². The summed E-state index contributed by atoms with van der Waals surface area (Å²) in [5.74, 6) is -1.50. The number of hydrogen-bond donors (Lipinski definition) is 0. The van der Waals surface area contributed by atoms with E-state index in [0.29, 0.717) is 6.42 Å². The van der Waals surface area contributed by atoms with Crippen LogP contribution in [0, 0.1) is 23.2 Å². The van der Waals surface area contributed by atoms with Gasteiger partial charge in [0.1, 0.15) is 12.2 Å². The van der Waals surface area contributed by atoms with Crippen molar-refractivity contribution in [3.05, 3.63) is 36.0 Å². The molecule has 1 saturated carbocycles. The molecule has 2 fully saturated rings. The molecule has 6 unspecified atom stereocenters. The molecule has 0 amide bonds. The van der Waals surface area contributed by atoms with Crippen LogP contribution < -0.4 is 0 Å². The van der Waals surface area contributed by atoms with E-state index in [4.69, 9.17) is 9.47 Å². The van der Waals surface area contributed by atoms with E-state index in [0.717, 1.165) is 5.57 Å². The summed E-state index contributed by atoms with van der Waals surface area (Å²) < 4.78 is 11.3. The van der Waals surface area contributed by atoms with Crippen LogP contribution in [-0.2, 0) is 23.9 Å². The number of hydrogen-bond acceptors (Lipinski definition) is 5. The van der Waals surface area contributed by atoms with Crippen LogP contribution in [0.25, 0.3) is 0 Å². The Bertz CT molecular complexity index is 712. The number of allylic oxidation sites excluding steroid dienone is 3. The molecule has 3 rings (SSSR count). The van der Waals surface area contributed by atoms with Crippen molar-refractivity contribution in [3.63, 3.8) is 0 Å². The van der Waals surface area contributed by atoms with Gasteiger partial charge in [0, 0.05) is 11.6 Å². The van der Waals surface area contributed by atoms with Gasteiger partial charge in [0.15, 0.2) is 5.78 Å². The van der Waals surface area contributed by atoms with Crippen LogP contribution in [-0.4, -0.2) is 29.9 Å². The molecule has 0 aromatic rings. The Balaban J connectivity index is 2.08. The number of fused-ring (bicyclic) bond motifs is 2. The van der Waals surface area contributed by atoms with E-state index < -0.39 is 35.5 Å². The molecular formula is C20H24O5. The predicted octanol–water partition coefficient (Wildman–Crippen LogP) is 2.76. The first-order valence-corrected chi connectivity index (χ1v) is 8.64. The van der Waals surface area contributed by atoms with Crippen molar-refractivity contribution in [1.29, 1.82) is 0 Å². The molecule has 6 atom stereocenters. The van der Waals surface area contributed by atoms with Gasteiger partial charge in [0.25, 0.3) is 0 Å². The van der Waals surface area contributed by atoms with E-state index in [-0.39, 0.29) is 23.2 Å². The summed E-state index contributed by atoms with van der Waals surface area (Å²) in [5, 5.41) is 0. The number of ether oxygens (including phenoxy) is 2. The van der Waals surface area contributed by atoms with Gasteiger partial charge in [-0.3, -0.25) is 4.79 Å². The maximum Gasteiger partial charge on any atom is 0.334 e. The molecule has 25 heavy (non-hydrogen) atoms. The Hall–Kier alpha value is -2.17. The fourth-order valence-corrected chi connectivity index (χ4v) is 4.54. The maximum absolute atomic E-state index is 12.8. The van der Waals surface area contributed by atoms with Gasteiger partial charge in [0.2, 0.25) is 0 Å². The van der Waals surface area contributed by atoms with Crippen molar-refractivity contribution >= 4 is 17.7 Å². The van der Waals surface area contributed by atoms with E-state index in [1.807, 2.05) is 19.9 Å². The second-order valence-electron chi connectivity index (χ2n) is 7.82. The SMILES string of the molecule is C=C1C(=O)OC2CC(C)C3C=CC(=O)C3(C)C(OC(=O)C=C(C)C)C12. The van der Waals surface area contributed by atoms with Crippen molar-refractivity contribution < 1.29 is 23.9 Å². The van der Waals surface area contributed by atoms with Crippen molar-refractivity contribution in [2.45, 2.75) is 46.3 Å². The molecule has 134 valence electrons. The lowest BCUT2D eigenvalue weighted by atomic mass is 9.67. The van der Waals surface area contributed by atoms with E-state index >= 15 is 0 Å². The molecule has 0 radical (unpaired) electrons. The first kappa shape index (κ1) is 17.6. The zero-order valence-electron chi connectivity index (χ0n) is 15.1. The molecule has 0 aromatic carbocycles. The standard InChI is InChI=1S/C20H24O5/c1-10(2)8-16(22)25-18-17-12(4)19(23)24-14(17)9-11(3)13-6-7-15(21)20(13,18)5/h6-8,11,13-14,17-18H,4,9H2,1-3,5H3. The first-order valence-electron chi connectivity index (χ1n) is 8.64. The average molecular weight is 344 g/mol. The van der Waals surface area contributed by atoms with Crippen LogP contribution in [0.5, 0.6) is 0 Å². The van der Waals surface area contributed by atoms with Crippen LogP contribution in [0.4, 0.5) is 0 Å². The van der Waals surface area contributed by atoms with Gasteiger partial charge < -0.3 is 9.47 Å². The van der Waals surface area contributed by atoms with Gasteiger partial charge >= 0.3 is 11.9 Å². The van der Waals surface area contributed by atoms with Gasteiger partial charge in [-0.1, -0.05) is 25.2 Å². The molecule has 0 aromatic heterocycles. The van der Waals surface area contributed by atoms with Crippen LogP contribution >= 0.6 is 0 Å². The second kappa shape index (κ2) is 5.97. The summed E-state index contributed by atoms with van der Waals surface area (Å²) >= 11 is 0. The monoisotopic (exact) mass is 344 g/mol. The number of carbonyl (C=O) groups excluding carboxylic acids is 3. The summed E-state index contributed by atoms with van der Waals surface area (Å²) in [7, 11) is 0. The molecule has 5 nitrogen and oxygen atoms in total. The van der Waals surface area contributed by atoms with Crippen LogP contribution in [0.3, 0.4) is 0 Å². The minimum atomic E-state index is -0.916. The van der Waals surface area contributed by atoms with Crippen LogP contribution in [0.1, 0.15) is 34.1 Å². The molecule has 2 aliphatic carbocycles. The molecular weight excluding hydrogens is 320 g/mol. The van der Waals surface area contributed by atoms with Crippen molar-refractivity contribution in [1.82, 2.24) is 0 Å². The minimum Gasteiger partial charge on any atom is -0.458 e. The van der Waals surface area contributed by atoms with E-state index in [9.17, 15) is 14.4 Å². The fraction of sp³-hybridized carbons (Fsp3) is 0.550. The highest BCUT2D eigenvalue weighted by atomic mass is 16.6. The van der Waals surface area contributed by atoms with Gasteiger partial charge in [-0.2, -0.15) is 0 Å². The largest absolute Gasteiger partial charge is 0.458 e. The lowest BCUT2D eigenvalue weighted by Crippen LogP contribution is -2.49. The van der Waals surface area contributed by atoms with E-state index in [2.05, 4.69) is 6.58 Å². The minimum absolute atomic E-state index is 0.0680. The topological polar surface area (TPSA) is 69.7 Å². The van der Waals surface area contributed by atoms with E-state index in [1.165, 1.54) is 6.08 Å². The lowest BCUT2D eigenvalue weighted by molar-refractivity contribution is -0.159. The normalized spacial score (nSPS) is 39.4. The molecule has 1 aliphatic heterocycles. The smallest absolute Gasteiger partial charge is 0.334 e. The Morgan fingerprint density at radius 2 is 2.08 bits per heavy atom. The van der Waals surface area contributed by atoms with Crippen LogP contribution in [0.2, 0.25) is 0 Å².